The Kier molecular flexibility index (Phi) is 7.22. The van der Waals surface area contributed by atoms with Crippen LogP contribution in [0, 0.1) is 5.41 Å². The summed E-state index contributed by atoms with van der Waals surface area (Å²) in [6.07, 6.45) is 0.306. The van der Waals surface area contributed by atoms with Gasteiger partial charge in [-0.25, -0.2) is 0 Å². The van der Waals surface area contributed by atoms with E-state index in [-0.39, 0.29) is 24.2 Å². The summed E-state index contributed by atoms with van der Waals surface area (Å²) in [6.45, 7) is 10.0. The van der Waals surface area contributed by atoms with E-state index in [4.69, 9.17) is 4.74 Å². The molecule has 0 aliphatic heterocycles. The Balaban J connectivity index is 2.62. The van der Waals surface area contributed by atoms with E-state index in [1.54, 1.807) is 32.9 Å². The van der Waals surface area contributed by atoms with Crippen molar-refractivity contribution in [2.45, 2.75) is 53.7 Å². The first-order valence-electron chi connectivity index (χ1n) is 8.12. The van der Waals surface area contributed by atoms with Gasteiger partial charge in [-0.05, 0) is 38.5 Å². The van der Waals surface area contributed by atoms with Crippen LogP contribution < -0.4 is 10.6 Å². The highest BCUT2D eigenvalue weighted by atomic mass is 16.5. The van der Waals surface area contributed by atoms with Gasteiger partial charge in [0.05, 0.1) is 11.1 Å². The van der Waals surface area contributed by atoms with Gasteiger partial charge >= 0.3 is 5.97 Å². The molecule has 0 spiro atoms. The third kappa shape index (κ3) is 7.00. The first kappa shape index (κ1) is 20.0. The van der Waals surface area contributed by atoms with Crippen molar-refractivity contribution in [1.29, 1.82) is 0 Å². The van der Waals surface area contributed by atoms with E-state index in [1.165, 1.54) is 6.07 Å². The number of phenols is 1. The minimum absolute atomic E-state index is 0.0222. The first-order valence-corrected chi connectivity index (χ1v) is 8.12. The smallest absolute Gasteiger partial charge is 0.311 e. The van der Waals surface area contributed by atoms with Crippen LogP contribution >= 0.6 is 0 Å². The monoisotopic (exact) mass is 336 g/mol. The Labute approximate surface area is 143 Å². The van der Waals surface area contributed by atoms with Crippen molar-refractivity contribution in [3.63, 3.8) is 0 Å². The van der Waals surface area contributed by atoms with Gasteiger partial charge in [-0.15, -0.1) is 0 Å². The lowest BCUT2D eigenvalue weighted by Gasteiger charge is -2.17. The predicted molar refractivity (Wildman–Crippen MR) is 93.7 cm³/mol. The molecule has 0 radical (unpaired) electrons. The number of anilines is 1. The Hall–Kier alpha value is -2.08. The highest BCUT2D eigenvalue weighted by Gasteiger charge is 2.23. The number of rotatable bonds is 7. The molecular formula is C18H28N2O4. The molecule has 6 heteroatoms. The van der Waals surface area contributed by atoms with E-state index in [9.17, 15) is 14.7 Å². The molecule has 0 atom stereocenters. The lowest BCUT2D eigenvalue weighted by Crippen LogP contribution is -2.27. The summed E-state index contributed by atoms with van der Waals surface area (Å²) in [5.41, 5.74) is 0.437. The van der Waals surface area contributed by atoms with Crippen LogP contribution in [0.2, 0.25) is 0 Å². The zero-order valence-corrected chi connectivity index (χ0v) is 15.1. The molecule has 0 bridgehead atoms. The first-order chi connectivity index (χ1) is 11.1. The Morgan fingerprint density at radius 3 is 2.50 bits per heavy atom. The summed E-state index contributed by atoms with van der Waals surface area (Å²) in [7, 11) is 0. The minimum atomic E-state index is -0.572. The fraction of sp³-hybridized carbons (Fsp3) is 0.556. The second-order valence-electron chi connectivity index (χ2n) is 7.08. The van der Waals surface area contributed by atoms with Crippen molar-refractivity contribution in [2.75, 3.05) is 11.9 Å². The molecule has 0 saturated heterocycles. The maximum Gasteiger partial charge on any atom is 0.311 e. The Bertz CT molecular complexity index is 577. The molecule has 1 aromatic carbocycles. The number of nitrogens with one attached hydrogen (secondary N) is 2. The molecule has 0 aliphatic rings. The molecule has 1 aromatic rings. The molecule has 0 aliphatic carbocycles. The molecule has 0 saturated carbocycles. The fourth-order valence-corrected chi connectivity index (χ4v) is 1.83. The Morgan fingerprint density at radius 2 is 1.92 bits per heavy atom. The summed E-state index contributed by atoms with van der Waals surface area (Å²) in [6, 6.07) is 5.05. The third-order valence-corrected chi connectivity index (χ3v) is 3.22. The van der Waals surface area contributed by atoms with Crippen LogP contribution in [0.15, 0.2) is 18.2 Å². The summed E-state index contributed by atoms with van der Waals surface area (Å²) in [5, 5.41) is 15.7. The molecule has 6 nitrogen and oxygen atoms in total. The molecule has 0 heterocycles. The van der Waals surface area contributed by atoms with Crippen molar-refractivity contribution in [1.82, 2.24) is 5.32 Å². The number of esters is 1. The average Bonchev–Trinajstić information content (AvgIpc) is 2.46. The summed E-state index contributed by atoms with van der Waals surface area (Å²) < 4.78 is 5.24. The maximum absolute atomic E-state index is 11.9. The highest BCUT2D eigenvalue weighted by Crippen LogP contribution is 2.25. The van der Waals surface area contributed by atoms with Gasteiger partial charge < -0.3 is 20.5 Å². The number of benzene rings is 1. The van der Waals surface area contributed by atoms with E-state index < -0.39 is 5.41 Å². The number of aromatic hydroxyl groups is 1. The number of amides is 1. The fourth-order valence-electron chi connectivity index (χ4n) is 1.83. The highest BCUT2D eigenvalue weighted by molar-refractivity contribution is 5.92. The number of carbonyl (C=O) groups is 2. The van der Waals surface area contributed by atoms with Gasteiger partial charge in [-0.2, -0.15) is 0 Å². The quantitative estimate of drug-likeness (QED) is 0.526. The molecule has 1 amide bonds. The lowest BCUT2D eigenvalue weighted by molar-refractivity contribution is -0.154. The van der Waals surface area contributed by atoms with Gasteiger partial charge in [0.1, 0.15) is 12.4 Å². The molecule has 0 unspecified atom stereocenters. The van der Waals surface area contributed by atoms with Gasteiger partial charge in [-0.3, -0.25) is 9.59 Å². The maximum atomic E-state index is 11.9. The third-order valence-electron chi connectivity index (χ3n) is 3.22. The van der Waals surface area contributed by atoms with Gasteiger partial charge in [0.15, 0.2) is 0 Å². The minimum Gasteiger partial charge on any atom is -0.506 e. The Morgan fingerprint density at radius 1 is 1.25 bits per heavy atom. The number of ether oxygens (including phenoxy) is 1. The molecule has 0 aromatic heterocycles. The van der Waals surface area contributed by atoms with Crippen LogP contribution in [0.5, 0.6) is 5.75 Å². The summed E-state index contributed by atoms with van der Waals surface area (Å²) in [4.78, 5) is 23.7. The van der Waals surface area contributed by atoms with E-state index in [1.807, 2.05) is 13.8 Å². The zero-order valence-electron chi connectivity index (χ0n) is 15.1. The van der Waals surface area contributed by atoms with Crippen LogP contribution in [0.4, 0.5) is 5.69 Å². The van der Waals surface area contributed by atoms with E-state index in [2.05, 4.69) is 10.6 Å². The van der Waals surface area contributed by atoms with Crippen molar-refractivity contribution in [2.24, 2.45) is 5.41 Å². The SMILES string of the molecule is CC(C)NCCC(=O)Nc1cc(COC(=O)C(C)(C)C)ccc1O. The molecule has 0 fully saturated rings. The molecule has 3 N–H and O–H groups in total. The predicted octanol–water partition coefficient (Wildman–Crippen LogP) is 2.81. The second-order valence-corrected chi connectivity index (χ2v) is 7.08. The molecular weight excluding hydrogens is 308 g/mol. The van der Waals surface area contributed by atoms with Gasteiger partial charge in [0.2, 0.25) is 5.91 Å². The number of hydrogen-bond acceptors (Lipinski definition) is 5. The average molecular weight is 336 g/mol. The van der Waals surface area contributed by atoms with Crippen molar-refractivity contribution < 1.29 is 19.4 Å². The van der Waals surface area contributed by atoms with Crippen molar-refractivity contribution in [3.8, 4) is 5.75 Å². The standard InChI is InChI=1S/C18H28N2O4/c1-12(2)19-9-8-16(22)20-14-10-13(6-7-15(14)21)11-24-17(23)18(3,4)5/h6-7,10,12,19,21H,8-9,11H2,1-5H3,(H,20,22). The molecule has 134 valence electrons. The summed E-state index contributed by atoms with van der Waals surface area (Å²) >= 11 is 0. The van der Waals surface area contributed by atoms with Crippen molar-refractivity contribution >= 4 is 17.6 Å². The summed E-state index contributed by atoms with van der Waals surface area (Å²) in [5.74, 6) is -0.519. The lowest BCUT2D eigenvalue weighted by atomic mass is 9.97. The zero-order chi connectivity index (χ0) is 18.3. The van der Waals surface area contributed by atoms with Crippen molar-refractivity contribution in [3.05, 3.63) is 23.8 Å². The van der Waals surface area contributed by atoms with Crippen LogP contribution in [0.25, 0.3) is 0 Å². The van der Waals surface area contributed by atoms with Crippen LogP contribution in [-0.2, 0) is 20.9 Å². The van der Waals surface area contributed by atoms with Crippen LogP contribution in [0.1, 0.15) is 46.6 Å². The second kappa shape index (κ2) is 8.68. The largest absolute Gasteiger partial charge is 0.506 e. The van der Waals surface area contributed by atoms with Gasteiger partial charge in [0.25, 0.3) is 0 Å². The molecule has 1 rings (SSSR count). The van der Waals surface area contributed by atoms with Crippen LogP contribution in [0.3, 0.4) is 0 Å². The van der Waals surface area contributed by atoms with Gasteiger partial charge in [-0.1, -0.05) is 19.9 Å². The van der Waals surface area contributed by atoms with E-state index >= 15 is 0 Å². The molecule has 24 heavy (non-hydrogen) atoms. The normalized spacial score (nSPS) is 11.4. The van der Waals surface area contributed by atoms with Crippen LogP contribution in [-0.4, -0.2) is 29.6 Å². The van der Waals surface area contributed by atoms with E-state index in [0.29, 0.717) is 30.3 Å². The van der Waals surface area contributed by atoms with E-state index in [0.717, 1.165) is 0 Å². The van der Waals surface area contributed by atoms with Gasteiger partial charge in [0, 0.05) is 19.0 Å². The number of phenolic OH excluding ortho intramolecular Hbond substituents is 1. The number of hydrogen-bond donors (Lipinski definition) is 3. The number of carbonyl (C=O) groups excluding carboxylic acids is 2. The topological polar surface area (TPSA) is 87.7 Å².